The van der Waals surface area contributed by atoms with Crippen molar-refractivity contribution in [3.8, 4) is 0 Å². The van der Waals surface area contributed by atoms with Crippen molar-refractivity contribution >= 4 is 38.6 Å². The van der Waals surface area contributed by atoms with Gasteiger partial charge in [0.25, 0.3) is 0 Å². The first kappa shape index (κ1) is 14.6. The number of aldehydes is 1. The average Bonchev–Trinajstić information content (AvgIpc) is 2.62. The lowest BCUT2D eigenvalue weighted by molar-refractivity contribution is 0.112. The third-order valence-electron chi connectivity index (χ3n) is 4.25. The van der Waals surface area contributed by atoms with E-state index in [1.165, 1.54) is 18.2 Å². The van der Waals surface area contributed by atoms with Gasteiger partial charge in [0.2, 0.25) is 0 Å². The maximum absolute atomic E-state index is 14.3. The highest BCUT2D eigenvalue weighted by molar-refractivity contribution is 6.19. The molecule has 0 unspecified atom stereocenters. The van der Waals surface area contributed by atoms with Gasteiger partial charge in [-0.3, -0.25) is 4.79 Å². The molecule has 0 fully saturated rings. The van der Waals surface area contributed by atoms with Gasteiger partial charge in [0, 0.05) is 16.3 Å². The highest BCUT2D eigenvalue weighted by Gasteiger charge is 2.22. The molecule has 0 aromatic heterocycles. The second-order valence-corrected chi connectivity index (χ2v) is 5.46. The van der Waals surface area contributed by atoms with Crippen LogP contribution in [0.15, 0.2) is 42.5 Å². The molecule has 4 aromatic rings. The monoisotopic (exact) mass is 328 g/mol. The minimum absolute atomic E-state index is 0.248. The van der Waals surface area contributed by atoms with Crippen LogP contribution in [-0.4, -0.2) is 6.29 Å². The number of rotatable bonds is 1. The van der Waals surface area contributed by atoms with E-state index in [1.807, 2.05) is 0 Å². The highest BCUT2D eigenvalue weighted by Crippen LogP contribution is 2.36. The number of carbonyl (C=O) groups excluding carboxylic acids is 1. The number of fused-ring (bicyclic) bond motifs is 5. The van der Waals surface area contributed by atoms with E-state index < -0.39 is 23.3 Å². The summed E-state index contributed by atoms with van der Waals surface area (Å²) in [6, 6.07) is 10.8. The second-order valence-electron chi connectivity index (χ2n) is 5.46. The molecule has 24 heavy (non-hydrogen) atoms. The summed E-state index contributed by atoms with van der Waals surface area (Å²) in [6.07, 6.45) is 0.699. The number of benzene rings is 4. The van der Waals surface area contributed by atoms with E-state index in [0.29, 0.717) is 28.0 Å². The predicted octanol–water partition coefficient (Wildman–Crippen LogP) is 5.52. The first-order valence-corrected chi connectivity index (χ1v) is 7.10. The van der Waals surface area contributed by atoms with Gasteiger partial charge < -0.3 is 0 Å². The van der Waals surface area contributed by atoms with Gasteiger partial charge in [-0.1, -0.05) is 42.5 Å². The molecule has 0 bridgehead atoms. The van der Waals surface area contributed by atoms with Crippen LogP contribution in [0.4, 0.5) is 17.6 Å². The van der Waals surface area contributed by atoms with Crippen molar-refractivity contribution in [2.24, 2.45) is 0 Å². The van der Waals surface area contributed by atoms with Crippen LogP contribution in [0.3, 0.4) is 0 Å². The van der Waals surface area contributed by atoms with Crippen molar-refractivity contribution in [3.63, 3.8) is 0 Å². The third kappa shape index (κ3) is 1.78. The van der Waals surface area contributed by atoms with Gasteiger partial charge >= 0.3 is 0 Å². The van der Waals surface area contributed by atoms with Gasteiger partial charge in [-0.2, -0.15) is 0 Å². The van der Waals surface area contributed by atoms with E-state index in [0.717, 1.165) is 0 Å². The van der Waals surface area contributed by atoms with Crippen LogP contribution in [0.25, 0.3) is 32.3 Å². The second kappa shape index (κ2) is 5.03. The Bertz CT molecular complexity index is 1160. The SMILES string of the molecule is O=Cc1cccc2c1ccc1c2ccc2c(F)c(F)c(F)c(F)c21. The molecule has 0 atom stereocenters. The van der Waals surface area contributed by atoms with Crippen molar-refractivity contribution < 1.29 is 22.4 Å². The van der Waals surface area contributed by atoms with Crippen LogP contribution in [0, 0.1) is 23.3 Å². The highest BCUT2D eigenvalue weighted by atomic mass is 19.2. The first-order chi connectivity index (χ1) is 11.5. The van der Waals surface area contributed by atoms with E-state index in [1.54, 1.807) is 24.3 Å². The Morgan fingerprint density at radius 2 is 1.17 bits per heavy atom. The molecule has 118 valence electrons. The molecule has 0 aliphatic carbocycles. The molecular formula is C19H8F4O. The molecule has 0 saturated carbocycles. The Kier molecular flexibility index (Phi) is 3.06. The zero-order chi connectivity index (χ0) is 17.0. The quantitative estimate of drug-likeness (QED) is 0.148. The number of hydrogen-bond acceptors (Lipinski definition) is 1. The number of hydrogen-bond donors (Lipinski definition) is 0. The Hall–Kier alpha value is -2.95. The Balaban J connectivity index is 2.29. The molecule has 4 aromatic carbocycles. The van der Waals surface area contributed by atoms with Crippen molar-refractivity contribution in [2.75, 3.05) is 0 Å². The molecule has 0 saturated heterocycles. The topological polar surface area (TPSA) is 17.1 Å². The minimum Gasteiger partial charge on any atom is -0.298 e. The largest absolute Gasteiger partial charge is 0.298 e. The normalized spacial score (nSPS) is 11.5. The molecule has 5 heteroatoms. The average molecular weight is 328 g/mol. The minimum atomic E-state index is -1.84. The van der Waals surface area contributed by atoms with E-state index in [9.17, 15) is 22.4 Å². The third-order valence-corrected chi connectivity index (χ3v) is 4.25. The lowest BCUT2D eigenvalue weighted by atomic mass is 9.94. The maximum atomic E-state index is 14.3. The fourth-order valence-electron chi connectivity index (χ4n) is 3.14. The molecular weight excluding hydrogens is 320 g/mol. The molecule has 4 rings (SSSR count). The van der Waals surface area contributed by atoms with E-state index >= 15 is 0 Å². The molecule has 0 aliphatic heterocycles. The fourth-order valence-corrected chi connectivity index (χ4v) is 3.14. The summed E-state index contributed by atoms with van der Waals surface area (Å²) in [7, 11) is 0. The van der Waals surface area contributed by atoms with Crippen LogP contribution < -0.4 is 0 Å². The van der Waals surface area contributed by atoms with Crippen LogP contribution in [0.1, 0.15) is 10.4 Å². The summed E-state index contributed by atoms with van der Waals surface area (Å²) < 4.78 is 55.3. The zero-order valence-corrected chi connectivity index (χ0v) is 12.0. The van der Waals surface area contributed by atoms with Gasteiger partial charge in [-0.05, 0) is 21.5 Å². The fraction of sp³-hybridized carbons (Fsp3) is 0. The van der Waals surface area contributed by atoms with Crippen molar-refractivity contribution in [3.05, 3.63) is 71.3 Å². The Morgan fingerprint density at radius 1 is 0.583 bits per heavy atom. The molecule has 0 N–H and O–H groups in total. The summed E-state index contributed by atoms with van der Waals surface area (Å²) in [5, 5.41) is 1.41. The lowest BCUT2D eigenvalue weighted by Crippen LogP contribution is -1.98. The standard InChI is InChI=1S/C19H8F4O/c20-16-14-7-5-12-11-3-1-2-9(8-24)10(11)4-6-13(12)15(14)17(21)19(23)18(16)22/h1-8H. The summed E-state index contributed by atoms with van der Waals surface area (Å²) in [5.74, 6) is -6.52. The first-order valence-electron chi connectivity index (χ1n) is 7.10. The summed E-state index contributed by atoms with van der Waals surface area (Å²) >= 11 is 0. The van der Waals surface area contributed by atoms with Crippen LogP contribution in [0.5, 0.6) is 0 Å². The molecule has 0 aliphatic rings. The zero-order valence-electron chi connectivity index (χ0n) is 12.0. The van der Waals surface area contributed by atoms with Gasteiger partial charge in [0.1, 0.15) is 0 Å². The summed E-state index contributed by atoms with van der Waals surface area (Å²) in [6.45, 7) is 0. The molecule has 0 heterocycles. The van der Waals surface area contributed by atoms with Gasteiger partial charge in [-0.25, -0.2) is 17.6 Å². The van der Waals surface area contributed by atoms with Crippen LogP contribution >= 0.6 is 0 Å². The Labute approximate surface area is 133 Å². The number of halogens is 4. The number of carbonyl (C=O) groups is 1. The summed E-state index contributed by atoms with van der Waals surface area (Å²) in [5.41, 5.74) is 0.450. The van der Waals surface area contributed by atoms with E-state index in [2.05, 4.69) is 0 Å². The molecule has 0 amide bonds. The predicted molar refractivity (Wildman–Crippen MR) is 84.2 cm³/mol. The lowest BCUT2D eigenvalue weighted by Gasteiger charge is -2.11. The van der Waals surface area contributed by atoms with Gasteiger partial charge in [-0.15, -0.1) is 0 Å². The van der Waals surface area contributed by atoms with Gasteiger partial charge in [0.05, 0.1) is 0 Å². The van der Waals surface area contributed by atoms with E-state index in [4.69, 9.17) is 0 Å². The Morgan fingerprint density at radius 3 is 1.92 bits per heavy atom. The van der Waals surface area contributed by atoms with Crippen LogP contribution in [0.2, 0.25) is 0 Å². The van der Waals surface area contributed by atoms with Gasteiger partial charge in [0.15, 0.2) is 29.6 Å². The maximum Gasteiger partial charge on any atom is 0.198 e. The van der Waals surface area contributed by atoms with E-state index in [-0.39, 0.29) is 16.2 Å². The molecule has 0 radical (unpaired) electrons. The van der Waals surface area contributed by atoms with Crippen molar-refractivity contribution in [1.82, 2.24) is 0 Å². The smallest absolute Gasteiger partial charge is 0.198 e. The van der Waals surface area contributed by atoms with Crippen molar-refractivity contribution in [2.45, 2.75) is 0 Å². The molecule has 1 nitrogen and oxygen atoms in total. The van der Waals surface area contributed by atoms with Crippen LogP contribution in [-0.2, 0) is 0 Å². The summed E-state index contributed by atoms with van der Waals surface area (Å²) in [4.78, 5) is 11.1. The van der Waals surface area contributed by atoms with Crippen molar-refractivity contribution in [1.29, 1.82) is 0 Å². The molecule has 0 spiro atoms.